The van der Waals surface area contributed by atoms with Gasteiger partial charge in [-0.05, 0) is 29.8 Å². The fraction of sp³-hybridized carbons (Fsp3) is 0.353. The number of hydrogen-bond donors (Lipinski definition) is 1. The highest BCUT2D eigenvalue weighted by Gasteiger charge is 2.35. The maximum Gasteiger partial charge on any atom is 0.417 e. The van der Waals surface area contributed by atoms with E-state index in [1.807, 2.05) is 4.90 Å². The summed E-state index contributed by atoms with van der Waals surface area (Å²) in [7, 11) is 0. The maximum atomic E-state index is 13.1. The third-order valence-corrected chi connectivity index (χ3v) is 4.40. The van der Waals surface area contributed by atoms with Gasteiger partial charge in [-0.15, -0.1) is 0 Å². The monoisotopic (exact) mass is 373 g/mol. The molecule has 1 fully saturated rings. The summed E-state index contributed by atoms with van der Waals surface area (Å²) in [5.41, 5.74) is 0.289. The van der Waals surface area contributed by atoms with Crippen LogP contribution in [0.2, 0.25) is 5.02 Å². The number of benzene rings is 1. The van der Waals surface area contributed by atoms with Crippen molar-refractivity contribution in [2.75, 3.05) is 25.0 Å². The van der Waals surface area contributed by atoms with Crippen molar-refractivity contribution in [3.63, 3.8) is 0 Å². The van der Waals surface area contributed by atoms with Gasteiger partial charge in [0.25, 0.3) is 0 Å². The maximum absolute atomic E-state index is 13.1. The molecule has 1 aliphatic heterocycles. The Morgan fingerprint density at radius 1 is 1.20 bits per heavy atom. The molecule has 0 amide bonds. The first-order valence-corrected chi connectivity index (χ1v) is 8.10. The zero-order valence-electron chi connectivity index (χ0n) is 13.1. The van der Waals surface area contributed by atoms with Crippen LogP contribution < -0.4 is 5.32 Å². The first kappa shape index (κ1) is 17.9. The largest absolute Gasteiger partial charge is 0.417 e. The molecule has 1 saturated heterocycles. The average Bonchev–Trinajstić information content (AvgIpc) is 2.53. The Morgan fingerprint density at radius 2 is 1.88 bits per heavy atom. The van der Waals surface area contributed by atoms with Gasteiger partial charge in [-0.25, -0.2) is 4.39 Å². The summed E-state index contributed by atoms with van der Waals surface area (Å²) in [5.74, 6) is 0. The van der Waals surface area contributed by atoms with Crippen LogP contribution in [-0.2, 0) is 6.18 Å². The molecule has 1 aromatic carbocycles. The molecule has 1 N–H and O–H groups in total. The number of alkyl halides is 4. The Morgan fingerprint density at radius 3 is 2.48 bits per heavy atom. The molecule has 3 rings (SSSR count). The van der Waals surface area contributed by atoms with Crippen LogP contribution in [0.15, 0.2) is 42.7 Å². The van der Waals surface area contributed by atoms with Crippen molar-refractivity contribution in [1.82, 2.24) is 9.88 Å². The Balaban J connectivity index is 1.88. The molecule has 2 heterocycles. The zero-order chi connectivity index (χ0) is 18.0. The van der Waals surface area contributed by atoms with Crippen molar-refractivity contribution in [3.05, 3.63) is 58.9 Å². The molecule has 0 radical (unpaired) electrons. The van der Waals surface area contributed by atoms with Crippen molar-refractivity contribution in [1.29, 1.82) is 0 Å². The Labute approximate surface area is 147 Å². The summed E-state index contributed by atoms with van der Waals surface area (Å²) < 4.78 is 52.5. The molecule has 1 aromatic heterocycles. The summed E-state index contributed by atoms with van der Waals surface area (Å²) in [5, 5.41) is 2.85. The van der Waals surface area contributed by atoms with E-state index in [1.165, 1.54) is 6.07 Å². The highest BCUT2D eigenvalue weighted by molar-refractivity contribution is 6.31. The van der Waals surface area contributed by atoms with Gasteiger partial charge in [0, 0.05) is 37.7 Å². The number of nitrogens with zero attached hydrogens (tertiary/aromatic N) is 2. The van der Waals surface area contributed by atoms with E-state index in [0.717, 1.165) is 11.8 Å². The van der Waals surface area contributed by atoms with Gasteiger partial charge in [-0.3, -0.25) is 9.88 Å². The summed E-state index contributed by atoms with van der Waals surface area (Å²) in [6.07, 6.45) is -2.24. The normalized spacial score (nSPS) is 17.2. The quantitative estimate of drug-likeness (QED) is 0.779. The minimum atomic E-state index is -4.53. The van der Waals surface area contributed by atoms with Crippen LogP contribution >= 0.6 is 11.6 Å². The number of hydrogen-bond acceptors (Lipinski definition) is 3. The summed E-state index contributed by atoms with van der Waals surface area (Å²) >= 11 is 5.70. The van der Waals surface area contributed by atoms with Gasteiger partial charge in [-0.2, -0.15) is 13.2 Å². The number of halogens is 5. The van der Waals surface area contributed by atoms with E-state index >= 15 is 0 Å². The predicted octanol–water partition coefficient (Wildman–Crippen LogP) is 4.56. The highest BCUT2D eigenvalue weighted by Crippen LogP contribution is 2.37. The van der Waals surface area contributed by atoms with E-state index in [9.17, 15) is 17.6 Å². The van der Waals surface area contributed by atoms with Crippen molar-refractivity contribution in [3.8, 4) is 0 Å². The molecule has 134 valence electrons. The lowest BCUT2D eigenvalue weighted by atomic mass is 10.0. The molecule has 0 aliphatic carbocycles. The second kappa shape index (κ2) is 7.17. The van der Waals surface area contributed by atoms with Gasteiger partial charge in [0.05, 0.1) is 16.6 Å². The summed E-state index contributed by atoms with van der Waals surface area (Å²) in [4.78, 5) is 5.77. The van der Waals surface area contributed by atoms with Crippen LogP contribution in [0.3, 0.4) is 0 Å². The second-order valence-electron chi connectivity index (χ2n) is 5.99. The number of aromatic nitrogens is 1. The molecule has 0 spiro atoms. The Hall–Kier alpha value is -1.86. The minimum absolute atomic E-state index is 0.286. The van der Waals surface area contributed by atoms with E-state index in [0.29, 0.717) is 12.1 Å². The number of anilines is 1. The average molecular weight is 374 g/mol. The van der Waals surface area contributed by atoms with Crippen LogP contribution in [0.5, 0.6) is 0 Å². The van der Waals surface area contributed by atoms with Crippen LogP contribution in [0.25, 0.3) is 0 Å². The zero-order valence-corrected chi connectivity index (χ0v) is 13.9. The second-order valence-corrected chi connectivity index (χ2v) is 6.39. The molecule has 3 nitrogen and oxygen atoms in total. The van der Waals surface area contributed by atoms with E-state index in [-0.39, 0.29) is 18.1 Å². The van der Waals surface area contributed by atoms with Crippen LogP contribution in [-0.4, -0.2) is 35.7 Å². The third kappa shape index (κ3) is 4.41. The lowest BCUT2D eigenvalue weighted by molar-refractivity contribution is -0.137. The van der Waals surface area contributed by atoms with E-state index in [4.69, 9.17) is 11.6 Å². The van der Waals surface area contributed by atoms with Gasteiger partial charge in [0.15, 0.2) is 0 Å². The van der Waals surface area contributed by atoms with Gasteiger partial charge < -0.3 is 5.32 Å². The van der Waals surface area contributed by atoms with Crippen molar-refractivity contribution in [2.45, 2.75) is 18.4 Å². The third-order valence-electron chi connectivity index (χ3n) is 4.07. The topological polar surface area (TPSA) is 28.2 Å². The summed E-state index contributed by atoms with van der Waals surface area (Å²) in [6, 6.07) is 6.86. The lowest BCUT2D eigenvalue weighted by Crippen LogP contribution is -2.50. The molecule has 1 aliphatic rings. The van der Waals surface area contributed by atoms with Crippen molar-refractivity contribution >= 4 is 17.3 Å². The lowest BCUT2D eigenvalue weighted by Gasteiger charge is -2.37. The van der Waals surface area contributed by atoms with E-state index in [1.54, 1.807) is 30.6 Å². The molecule has 1 unspecified atom stereocenters. The summed E-state index contributed by atoms with van der Waals surface area (Å²) in [6.45, 7) is 0.962. The standard InChI is InChI=1S/C17H16ClF4N3/c18-15-2-1-11(7-14(15)17(20,21)22)16(10-25-8-12(19)9-25)24-13-3-5-23-6-4-13/h1-7,12,16H,8-10H2,(H,23,24). The SMILES string of the molecule is FC1CN(CC(Nc2ccncc2)c2ccc(Cl)c(C(F)(F)F)c2)C1. The minimum Gasteiger partial charge on any atom is -0.377 e. The molecule has 0 saturated carbocycles. The Bertz CT molecular complexity index is 718. The molecule has 2 aromatic rings. The Kier molecular flexibility index (Phi) is 5.15. The number of rotatable bonds is 5. The number of likely N-dealkylation sites (tertiary alicyclic amines) is 1. The first-order chi connectivity index (χ1) is 11.8. The molecule has 8 heteroatoms. The van der Waals surface area contributed by atoms with Crippen molar-refractivity contribution in [2.24, 2.45) is 0 Å². The first-order valence-electron chi connectivity index (χ1n) is 7.72. The molecular formula is C17H16ClF4N3. The van der Waals surface area contributed by atoms with Gasteiger partial charge in [0.2, 0.25) is 0 Å². The van der Waals surface area contributed by atoms with Crippen LogP contribution in [0.1, 0.15) is 17.2 Å². The fourth-order valence-electron chi connectivity index (χ4n) is 2.77. The highest BCUT2D eigenvalue weighted by atomic mass is 35.5. The van der Waals surface area contributed by atoms with Crippen molar-refractivity contribution < 1.29 is 17.6 Å². The van der Waals surface area contributed by atoms with Gasteiger partial charge in [-0.1, -0.05) is 17.7 Å². The van der Waals surface area contributed by atoms with E-state index in [2.05, 4.69) is 10.3 Å². The molecule has 0 bridgehead atoms. The van der Waals surface area contributed by atoms with Gasteiger partial charge >= 0.3 is 6.18 Å². The number of nitrogens with one attached hydrogen (secondary N) is 1. The molecular weight excluding hydrogens is 358 g/mol. The van der Waals surface area contributed by atoms with Gasteiger partial charge in [0.1, 0.15) is 6.17 Å². The van der Waals surface area contributed by atoms with Crippen LogP contribution in [0.4, 0.5) is 23.2 Å². The van der Waals surface area contributed by atoms with E-state index < -0.39 is 24.0 Å². The predicted molar refractivity (Wildman–Crippen MR) is 88.4 cm³/mol. The smallest absolute Gasteiger partial charge is 0.377 e. The number of pyridine rings is 1. The molecule has 1 atom stereocenters. The van der Waals surface area contributed by atoms with Crippen LogP contribution in [0, 0.1) is 0 Å². The fourth-order valence-corrected chi connectivity index (χ4v) is 3.00. The molecule has 25 heavy (non-hydrogen) atoms.